The second-order valence-corrected chi connectivity index (χ2v) is 12.6. The van der Waals surface area contributed by atoms with Crippen LogP contribution in [-0.2, 0) is 9.47 Å². The number of nitrogens with one attached hydrogen (secondary N) is 1. The third kappa shape index (κ3) is 7.51. The lowest BCUT2D eigenvalue weighted by atomic mass is 9.68. The maximum atomic E-state index is 10.2. The van der Waals surface area contributed by atoms with Crippen molar-refractivity contribution in [2.45, 2.75) is 85.4 Å². The van der Waals surface area contributed by atoms with Gasteiger partial charge in [-0.25, -0.2) is 9.97 Å². The van der Waals surface area contributed by atoms with Crippen LogP contribution >= 0.6 is 11.6 Å². The number of aliphatic hydroxyl groups is 1. The van der Waals surface area contributed by atoms with Crippen molar-refractivity contribution in [2.75, 3.05) is 44.9 Å². The molecule has 1 atom stereocenters. The normalized spacial score (nSPS) is 17.2. The highest BCUT2D eigenvalue weighted by atomic mass is 35.5. The summed E-state index contributed by atoms with van der Waals surface area (Å²) in [6.45, 7) is 13.3. The molecule has 1 aromatic heterocycles. The Labute approximate surface area is 256 Å². The molecule has 1 aliphatic carbocycles. The number of hydrogen-bond donors (Lipinski definition) is 2. The average molecular weight is 599 g/mol. The Morgan fingerprint density at radius 3 is 2.50 bits per heavy atom. The molecule has 4 rings (SSSR count). The summed E-state index contributed by atoms with van der Waals surface area (Å²) in [5, 5.41) is 19.2. The molecular weight excluding hydrogens is 552 g/mol. The van der Waals surface area contributed by atoms with E-state index in [1.54, 1.807) is 26.2 Å². The summed E-state index contributed by atoms with van der Waals surface area (Å²) < 4.78 is 17.1. The topological polar surface area (TPSA) is 101 Å². The third-order valence-corrected chi connectivity index (χ3v) is 8.79. The molecule has 8 nitrogen and oxygen atoms in total. The summed E-state index contributed by atoms with van der Waals surface area (Å²) in [6, 6.07) is 5.44. The van der Waals surface area contributed by atoms with Crippen LogP contribution in [0.1, 0.15) is 77.5 Å². The van der Waals surface area contributed by atoms with Crippen molar-refractivity contribution in [3.8, 4) is 17.1 Å². The van der Waals surface area contributed by atoms with Gasteiger partial charge in [-0.15, -0.1) is 0 Å². The predicted molar refractivity (Wildman–Crippen MR) is 170 cm³/mol. The number of hydrogen-bond acceptors (Lipinski definition) is 8. The standard InChI is InChI=1S/C33H47ClN4O4/c1-7-8-24(39)18-42-26-9-10-28(34)27(17-26)31-36-30(29(21(2)3)23(5)35)22(4)32(37-31)38-19-33(20-38)13-11-25(12-14-33)41-16-15-40-6/h9-10,17,24-25,35,39H,7-8,11-16,18-20H2,1-6H3/t24-/m1/s1. The fraction of sp³-hybridized carbons (Fsp3) is 0.606. The van der Waals surface area contributed by atoms with Crippen molar-refractivity contribution in [2.24, 2.45) is 5.41 Å². The number of aliphatic hydroxyl groups excluding tert-OH is 1. The van der Waals surface area contributed by atoms with Gasteiger partial charge in [0.05, 0.1) is 36.1 Å². The monoisotopic (exact) mass is 598 g/mol. The molecule has 1 aliphatic heterocycles. The minimum Gasteiger partial charge on any atom is -0.491 e. The van der Waals surface area contributed by atoms with Crippen molar-refractivity contribution >= 4 is 28.7 Å². The van der Waals surface area contributed by atoms with Crippen LogP contribution in [0.4, 0.5) is 5.82 Å². The van der Waals surface area contributed by atoms with Crippen LogP contribution < -0.4 is 9.64 Å². The molecule has 1 saturated carbocycles. The summed E-state index contributed by atoms with van der Waals surface area (Å²) >= 11 is 6.72. The van der Waals surface area contributed by atoms with Crippen LogP contribution in [0.15, 0.2) is 23.8 Å². The molecule has 0 unspecified atom stereocenters. The SMILES string of the molecule is CCC[C@@H](O)COc1ccc(Cl)c(-c2nc(C(C(C)=N)=C(C)C)c(C)c(N3CC4(CCC(OCCOC)CC4)C3)n2)c1. The van der Waals surface area contributed by atoms with E-state index < -0.39 is 6.10 Å². The molecule has 1 spiro atoms. The van der Waals surface area contributed by atoms with Gasteiger partial charge in [-0.3, -0.25) is 0 Å². The van der Waals surface area contributed by atoms with E-state index in [0.717, 1.165) is 73.4 Å². The van der Waals surface area contributed by atoms with Gasteiger partial charge in [-0.1, -0.05) is 30.5 Å². The van der Waals surface area contributed by atoms with Gasteiger partial charge in [0.25, 0.3) is 0 Å². The van der Waals surface area contributed by atoms with Gasteiger partial charge in [-0.2, -0.15) is 0 Å². The second-order valence-electron chi connectivity index (χ2n) is 12.2. The third-order valence-electron chi connectivity index (χ3n) is 8.46. The number of allylic oxidation sites excluding steroid dienone is 2. The number of aromatic nitrogens is 2. The lowest BCUT2D eigenvalue weighted by Gasteiger charge is -2.54. The van der Waals surface area contributed by atoms with Crippen molar-refractivity contribution in [1.82, 2.24) is 9.97 Å². The van der Waals surface area contributed by atoms with Gasteiger partial charge in [0.15, 0.2) is 5.82 Å². The number of nitrogens with zero attached hydrogens (tertiary/aromatic N) is 3. The molecule has 2 heterocycles. The number of ether oxygens (including phenoxy) is 3. The van der Waals surface area contributed by atoms with Crippen LogP contribution in [0, 0.1) is 17.7 Å². The highest BCUT2D eigenvalue weighted by molar-refractivity contribution is 6.33. The van der Waals surface area contributed by atoms with Crippen molar-refractivity contribution in [3.05, 3.63) is 40.1 Å². The molecule has 0 amide bonds. The molecule has 1 saturated heterocycles. The molecular formula is C33H47ClN4O4. The van der Waals surface area contributed by atoms with E-state index >= 15 is 0 Å². The van der Waals surface area contributed by atoms with Gasteiger partial charge in [-0.05, 0) is 78.0 Å². The van der Waals surface area contributed by atoms with Crippen molar-refractivity contribution in [3.63, 3.8) is 0 Å². The minimum atomic E-state index is -0.524. The Morgan fingerprint density at radius 1 is 1.17 bits per heavy atom. The molecule has 2 aromatic rings. The van der Waals surface area contributed by atoms with E-state index in [9.17, 15) is 5.11 Å². The molecule has 0 radical (unpaired) electrons. The lowest BCUT2D eigenvalue weighted by molar-refractivity contribution is -0.0288. The van der Waals surface area contributed by atoms with Crippen LogP contribution in [0.3, 0.4) is 0 Å². The largest absolute Gasteiger partial charge is 0.491 e. The molecule has 230 valence electrons. The Kier molecular flexibility index (Phi) is 11.0. The highest BCUT2D eigenvalue weighted by Crippen LogP contribution is 2.47. The van der Waals surface area contributed by atoms with Crippen LogP contribution in [-0.4, -0.2) is 73.0 Å². The molecule has 2 aliphatic rings. The van der Waals surface area contributed by atoms with E-state index in [0.29, 0.717) is 53.6 Å². The summed E-state index contributed by atoms with van der Waals surface area (Å²) in [4.78, 5) is 12.5. The first-order valence-corrected chi connectivity index (χ1v) is 15.5. The summed E-state index contributed by atoms with van der Waals surface area (Å²) in [7, 11) is 1.70. The van der Waals surface area contributed by atoms with E-state index in [-0.39, 0.29) is 12.0 Å². The smallest absolute Gasteiger partial charge is 0.163 e. The van der Waals surface area contributed by atoms with E-state index in [2.05, 4.69) is 11.8 Å². The number of benzene rings is 1. The van der Waals surface area contributed by atoms with Crippen LogP contribution in [0.2, 0.25) is 5.02 Å². The molecule has 42 heavy (non-hydrogen) atoms. The second kappa shape index (κ2) is 14.3. The van der Waals surface area contributed by atoms with E-state index in [1.165, 1.54) is 0 Å². The van der Waals surface area contributed by atoms with E-state index in [1.807, 2.05) is 26.8 Å². The minimum absolute atomic E-state index is 0.212. The van der Waals surface area contributed by atoms with Crippen molar-refractivity contribution < 1.29 is 19.3 Å². The lowest BCUT2D eigenvalue weighted by Crippen LogP contribution is -2.58. The molecule has 1 aromatic carbocycles. The molecule has 9 heteroatoms. The summed E-state index contributed by atoms with van der Waals surface area (Å²) in [6.07, 6.45) is 5.78. The zero-order chi connectivity index (χ0) is 30.4. The Morgan fingerprint density at radius 2 is 1.88 bits per heavy atom. The zero-order valence-electron chi connectivity index (χ0n) is 26.1. The first-order valence-electron chi connectivity index (χ1n) is 15.2. The fourth-order valence-corrected chi connectivity index (χ4v) is 6.44. The number of methoxy groups -OCH3 is 1. The number of rotatable bonds is 13. The zero-order valence-corrected chi connectivity index (χ0v) is 26.8. The first kappa shape index (κ1) is 32.4. The van der Waals surface area contributed by atoms with Crippen LogP contribution in [0.5, 0.6) is 5.75 Å². The van der Waals surface area contributed by atoms with Gasteiger partial charge in [0.1, 0.15) is 18.2 Å². The molecule has 2 fully saturated rings. The summed E-state index contributed by atoms with van der Waals surface area (Å²) in [5.41, 5.74) is 5.00. The highest BCUT2D eigenvalue weighted by Gasteiger charge is 2.46. The van der Waals surface area contributed by atoms with Gasteiger partial charge < -0.3 is 29.6 Å². The number of anilines is 1. The number of halogens is 1. The Hall–Kier alpha value is -2.52. The fourth-order valence-electron chi connectivity index (χ4n) is 6.24. The summed E-state index contributed by atoms with van der Waals surface area (Å²) in [5.74, 6) is 2.00. The maximum absolute atomic E-state index is 10.2. The predicted octanol–water partition coefficient (Wildman–Crippen LogP) is 6.89. The maximum Gasteiger partial charge on any atom is 0.163 e. The Bertz CT molecular complexity index is 1280. The van der Waals surface area contributed by atoms with Crippen LogP contribution in [0.25, 0.3) is 17.0 Å². The van der Waals surface area contributed by atoms with Gasteiger partial charge in [0.2, 0.25) is 0 Å². The first-order chi connectivity index (χ1) is 20.1. The van der Waals surface area contributed by atoms with Gasteiger partial charge in [0, 0.05) is 48.0 Å². The van der Waals surface area contributed by atoms with E-state index in [4.69, 9.17) is 41.2 Å². The van der Waals surface area contributed by atoms with Gasteiger partial charge >= 0.3 is 0 Å². The van der Waals surface area contributed by atoms with Crippen molar-refractivity contribution in [1.29, 1.82) is 5.41 Å². The average Bonchev–Trinajstić information content (AvgIpc) is 2.93. The Balaban J connectivity index is 1.64. The quantitative estimate of drug-likeness (QED) is 0.191. The molecule has 2 N–H and O–H groups in total. The molecule has 0 bridgehead atoms.